The Kier molecular flexibility index (Phi) is 3.83. The highest BCUT2D eigenvalue weighted by molar-refractivity contribution is 5.99. The molecule has 0 bridgehead atoms. The number of rotatable bonds is 4. The van der Waals surface area contributed by atoms with Crippen molar-refractivity contribution in [2.45, 2.75) is 6.92 Å². The van der Waals surface area contributed by atoms with Gasteiger partial charge in [-0.3, -0.25) is 14.5 Å². The predicted octanol–water partition coefficient (Wildman–Crippen LogP) is -0.0741. The number of nitrogens with zero attached hydrogens (tertiary/aromatic N) is 1. The molecule has 20 heavy (non-hydrogen) atoms. The lowest BCUT2D eigenvalue weighted by Crippen LogP contribution is -2.37. The molecular formula is C12H13N3O5. The summed E-state index contributed by atoms with van der Waals surface area (Å²) in [6.07, 6.45) is 1.38. The molecule has 8 heteroatoms. The first-order chi connectivity index (χ1) is 9.49. The molecule has 3 amide bonds. The number of H-pyrrole nitrogens is 1. The van der Waals surface area contributed by atoms with Crippen molar-refractivity contribution in [1.82, 2.24) is 15.2 Å². The second kappa shape index (κ2) is 5.55. The van der Waals surface area contributed by atoms with Crippen LogP contribution in [0.5, 0.6) is 0 Å². The van der Waals surface area contributed by atoms with Crippen molar-refractivity contribution in [3.05, 3.63) is 23.5 Å². The van der Waals surface area contributed by atoms with Crippen LogP contribution in [0.4, 0.5) is 4.79 Å². The Balaban J connectivity index is 1.89. The van der Waals surface area contributed by atoms with E-state index in [4.69, 9.17) is 4.74 Å². The van der Waals surface area contributed by atoms with Gasteiger partial charge in [0.25, 0.3) is 5.91 Å². The summed E-state index contributed by atoms with van der Waals surface area (Å²) in [5.41, 5.74) is 0.427. The number of aromatic amines is 1. The molecule has 0 radical (unpaired) electrons. The van der Waals surface area contributed by atoms with Crippen molar-refractivity contribution in [2.24, 2.45) is 0 Å². The zero-order valence-corrected chi connectivity index (χ0v) is 10.8. The number of carbonyl (C=O) groups excluding carboxylic acids is 4. The molecule has 1 fully saturated rings. The lowest BCUT2D eigenvalue weighted by molar-refractivity contribution is -0.130. The number of hydrogen-bond donors (Lipinski definition) is 2. The number of ketones is 1. The van der Waals surface area contributed by atoms with Gasteiger partial charge in [0.05, 0.1) is 0 Å². The van der Waals surface area contributed by atoms with Gasteiger partial charge in [-0.2, -0.15) is 0 Å². The molecule has 0 spiro atoms. The molecule has 0 aromatic carbocycles. The molecule has 106 valence electrons. The number of aromatic nitrogens is 1. The van der Waals surface area contributed by atoms with Gasteiger partial charge < -0.3 is 15.0 Å². The molecule has 1 aliphatic heterocycles. The van der Waals surface area contributed by atoms with Crippen LogP contribution in [0.25, 0.3) is 0 Å². The van der Waals surface area contributed by atoms with Crippen LogP contribution in [0.1, 0.15) is 27.8 Å². The van der Waals surface area contributed by atoms with E-state index in [1.54, 1.807) is 0 Å². The summed E-state index contributed by atoms with van der Waals surface area (Å²) in [5.74, 6) is -1.54. The molecule has 2 N–H and O–H groups in total. The molecule has 1 saturated heterocycles. The average Bonchev–Trinajstić information content (AvgIpc) is 3.04. The van der Waals surface area contributed by atoms with Gasteiger partial charge >= 0.3 is 12.0 Å². The summed E-state index contributed by atoms with van der Waals surface area (Å²) in [6, 6.07) is 0.849. The second-order valence-corrected chi connectivity index (χ2v) is 4.21. The molecule has 1 aromatic rings. The number of nitrogens with one attached hydrogen (secondary N) is 2. The maximum atomic E-state index is 11.6. The molecule has 1 aliphatic rings. The smallest absolute Gasteiger partial charge is 0.355 e. The van der Waals surface area contributed by atoms with Crippen molar-refractivity contribution in [3.63, 3.8) is 0 Å². The Morgan fingerprint density at radius 1 is 1.40 bits per heavy atom. The Hall–Kier alpha value is -2.64. The number of esters is 1. The van der Waals surface area contributed by atoms with Gasteiger partial charge in [-0.25, -0.2) is 9.59 Å². The van der Waals surface area contributed by atoms with Gasteiger partial charge in [-0.05, 0) is 13.0 Å². The molecule has 1 aromatic heterocycles. The number of imide groups is 1. The molecule has 0 unspecified atom stereocenters. The van der Waals surface area contributed by atoms with Gasteiger partial charge in [0.15, 0.2) is 12.4 Å². The van der Waals surface area contributed by atoms with Crippen molar-refractivity contribution in [2.75, 3.05) is 19.7 Å². The lowest BCUT2D eigenvalue weighted by Gasteiger charge is -2.11. The molecule has 0 saturated carbocycles. The van der Waals surface area contributed by atoms with E-state index in [9.17, 15) is 19.2 Å². The van der Waals surface area contributed by atoms with Crippen molar-refractivity contribution < 1.29 is 23.9 Å². The quantitative estimate of drug-likeness (QED) is 0.592. The fourth-order valence-corrected chi connectivity index (χ4v) is 1.71. The van der Waals surface area contributed by atoms with Gasteiger partial charge in [0.2, 0.25) is 0 Å². The highest BCUT2D eigenvalue weighted by Gasteiger charge is 2.27. The Bertz CT molecular complexity index is 577. The first-order valence-electron chi connectivity index (χ1n) is 5.93. The van der Waals surface area contributed by atoms with Crippen LogP contribution in [0.15, 0.2) is 12.3 Å². The molecule has 0 aliphatic carbocycles. The molecule has 2 heterocycles. The Morgan fingerprint density at radius 2 is 2.15 bits per heavy atom. The number of Topliss-reactive ketones (excluding diaryl/α,β-unsaturated/α-hetero) is 1. The summed E-state index contributed by atoms with van der Waals surface area (Å²) >= 11 is 0. The second-order valence-electron chi connectivity index (χ2n) is 4.21. The highest BCUT2D eigenvalue weighted by atomic mass is 16.5. The molecule has 8 nitrogen and oxygen atoms in total. The maximum absolute atomic E-state index is 11.6. The van der Waals surface area contributed by atoms with Crippen LogP contribution >= 0.6 is 0 Å². The minimum Gasteiger partial charge on any atom is -0.451 e. The third-order valence-electron chi connectivity index (χ3n) is 2.79. The van der Waals surface area contributed by atoms with Crippen LogP contribution in [0.2, 0.25) is 0 Å². The minimum atomic E-state index is -0.759. The summed E-state index contributed by atoms with van der Waals surface area (Å²) in [4.78, 5) is 49.1. The first kappa shape index (κ1) is 13.8. The van der Waals surface area contributed by atoms with Gasteiger partial charge in [0.1, 0.15) is 5.69 Å². The van der Waals surface area contributed by atoms with E-state index in [0.717, 1.165) is 4.90 Å². The molecule has 2 rings (SSSR count). The number of hydrogen-bond acceptors (Lipinski definition) is 5. The summed E-state index contributed by atoms with van der Waals surface area (Å²) in [6.45, 7) is 1.48. The number of ether oxygens (including phenoxy) is 1. The van der Waals surface area contributed by atoms with Crippen LogP contribution in [0, 0.1) is 0 Å². The zero-order valence-electron chi connectivity index (χ0n) is 10.8. The fourth-order valence-electron chi connectivity index (χ4n) is 1.71. The fraction of sp³-hybridized carbons (Fsp3) is 0.333. The normalized spacial score (nSPS) is 14.1. The Labute approximate surface area is 114 Å². The minimum absolute atomic E-state index is 0.0777. The van der Waals surface area contributed by atoms with E-state index in [-0.39, 0.29) is 18.0 Å². The van der Waals surface area contributed by atoms with Crippen LogP contribution < -0.4 is 5.32 Å². The van der Waals surface area contributed by atoms with E-state index in [0.29, 0.717) is 12.1 Å². The van der Waals surface area contributed by atoms with E-state index >= 15 is 0 Å². The SMILES string of the molecule is CC(=O)c1c[nH]c(C(=O)OCC(=O)N2CCNC2=O)c1. The van der Waals surface area contributed by atoms with Crippen molar-refractivity contribution in [3.8, 4) is 0 Å². The third kappa shape index (κ3) is 2.85. The number of amides is 3. The monoisotopic (exact) mass is 279 g/mol. The average molecular weight is 279 g/mol. The standard InChI is InChI=1S/C12H13N3O5/c1-7(16)8-4-9(14-5-8)11(18)20-6-10(17)15-3-2-13-12(15)19/h4-5,14H,2-3,6H2,1H3,(H,13,19). The largest absolute Gasteiger partial charge is 0.451 e. The summed E-state index contributed by atoms with van der Waals surface area (Å²) < 4.78 is 4.79. The van der Waals surface area contributed by atoms with Crippen LogP contribution in [-0.4, -0.2) is 53.3 Å². The number of urea groups is 1. The molecular weight excluding hydrogens is 266 g/mol. The maximum Gasteiger partial charge on any atom is 0.355 e. The third-order valence-corrected chi connectivity index (χ3v) is 2.79. The van der Waals surface area contributed by atoms with Gasteiger partial charge in [0, 0.05) is 24.8 Å². The van der Waals surface area contributed by atoms with Gasteiger partial charge in [-0.1, -0.05) is 0 Å². The van der Waals surface area contributed by atoms with Crippen molar-refractivity contribution >= 4 is 23.7 Å². The Morgan fingerprint density at radius 3 is 2.70 bits per heavy atom. The predicted molar refractivity (Wildman–Crippen MR) is 66.2 cm³/mol. The topological polar surface area (TPSA) is 109 Å². The number of carbonyl (C=O) groups is 4. The van der Waals surface area contributed by atoms with Crippen LogP contribution in [0.3, 0.4) is 0 Å². The zero-order chi connectivity index (χ0) is 14.7. The van der Waals surface area contributed by atoms with E-state index < -0.39 is 24.5 Å². The summed E-state index contributed by atoms with van der Waals surface area (Å²) in [7, 11) is 0. The van der Waals surface area contributed by atoms with Crippen LogP contribution in [-0.2, 0) is 9.53 Å². The van der Waals surface area contributed by atoms with Gasteiger partial charge in [-0.15, -0.1) is 0 Å². The van der Waals surface area contributed by atoms with Crippen molar-refractivity contribution in [1.29, 1.82) is 0 Å². The highest BCUT2D eigenvalue weighted by Crippen LogP contribution is 2.06. The van der Waals surface area contributed by atoms with E-state index in [1.807, 2.05) is 0 Å². The van der Waals surface area contributed by atoms with E-state index in [2.05, 4.69) is 10.3 Å². The first-order valence-corrected chi connectivity index (χ1v) is 5.93. The summed E-state index contributed by atoms with van der Waals surface area (Å²) in [5, 5.41) is 2.47. The van der Waals surface area contributed by atoms with E-state index in [1.165, 1.54) is 19.2 Å². The molecule has 0 atom stereocenters. The lowest BCUT2D eigenvalue weighted by atomic mass is 10.2.